The Morgan fingerprint density at radius 2 is 1.89 bits per heavy atom. The summed E-state index contributed by atoms with van der Waals surface area (Å²) in [6.45, 7) is 0.903. The first kappa shape index (κ1) is 11.8. The maximum absolute atomic E-state index is 6.22. The third-order valence-corrected chi connectivity index (χ3v) is 3.87. The van der Waals surface area contributed by atoms with Crippen LogP contribution in [-0.4, -0.2) is 14.8 Å². The van der Waals surface area contributed by atoms with Crippen LogP contribution in [0.4, 0.5) is 5.69 Å². The van der Waals surface area contributed by atoms with E-state index < -0.39 is 0 Å². The molecule has 18 heavy (non-hydrogen) atoms. The monoisotopic (exact) mass is 282 g/mol. The Bertz CT molecular complexity index is 606. The van der Waals surface area contributed by atoms with Crippen LogP contribution < -0.4 is 5.73 Å². The Morgan fingerprint density at radius 1 is 1.11 bits per heavy atom. The van der Waals surface area contributed by atoms with Gasteiger partial charge in [-0.2, -0.15) is 0 Å². The van der Waals surface area contributed by atoms with E-state index in [2.05, 4.69) is 14.8 Å². The number of aryl methyl sites for hydroxylation is 1. The molecule has 3 rings (SSSR count). The highest BCUT2D eigenvalue weighted by molar-refractivity contribution is 6.37. The van der Waals surface area contributed by atoms with Gasteiger partial charge in [0.05, 0.1) is 21.3 Å². The molecule has 0 aliphatic carbocycles. The van der Waals surface area contributed by atoms with E-state index in [4.69, 9.17) is 28.9 Å². The second kappa shape index (κ2) is 4.44. The first-order valence-electron chi connectivity index (χ1n) is 5.84. The normalized spacial score (nSPS) is 14.6. The summed E-state index contributed by atoms with van der Waals surface area (Å²) in [4.78, 5) is 0. The number of nitrogens with two attached hydrogens (primary N) is 1. The molecule has 94 valence electrons. The molecule has 2 heterocycles. The van der Waals surface area contributed by atoms with E-state index in [1.807, 2.05) is 0 Å². The number of halogens is 2. The summed E-state index contributed by atoms with van der Waals surface area (Å²) in [7, 11) is 0. The average molecular weight is 283 g/mol. The van der Waals surface area contributed by atoms with E-state index in [0.717, 1.165) is 37.5 Å². The maximum atomic E-state index is 6.22. The fraction of sp³-hybridized carbons (Fsp3) is 0.333. The van der Waals surface area contributed by atoms with E-state index in [1.165, 1.54) is 0 Å². The van der Waals surface area contributed by atoms with Crippen LogP contribution in [0.2, 0.25) is 10.0 Å². The Balaban J connectivity index is 2.21. The van der Waals surface area contributed by atoms with Gasteiger partial charge in [-0.3, -0.25) is 0 Å². The van der Waals surface area contributed by atoms with Gasteiger partial charge in [-0.15, -0.1) is 10.2 Å². The first-order valence-corrected chi connectivity index (χ1v) is 6.60. The molecular formula is C12H12Cl2N4. The van der Waals surface area contributed by atoms with Crippen molar-refractivity contribution in [1.29, 1.82) is 0 Å². The molecule has 2 N–H and O–H groups in total. The SMILES string of the molecule is Nc1c(Cl)ccc(Cl)c1-c1nnc2n1CCCC2. The number of aromatic nitrogens is 3. The molecule has 0 saturated heterocycles. The first-order chi connectivity index (χ1) is 8.68. The van der Waals surface area contributed by atoms with E-state index in [1.54, 1.807) is 12.1 Å². The van der Waals surface area contributed by atoms with E-state index in [0.29, 0.717) is 21.3 Å². The highest BCUT2D eigenvalue weighted by Gasteiger charge is 2.21. The molecule has 6 heteroatoms. The van der Waals surface area contributed by atoms with Gasteiger partial charge in [0.2, 0.25) is 0 Å². The lowest BCUT2D eigenvalue weighted by Crippen LogP contribution is -2.12. The number of rotatable bonds is 1. The quantitative estimate of drug-likeness (QED) is 0.818. The molecule has 0 atom stereocenters. The zero-order chi connectivity index (χ0) is 12.7. The summed E-state index contributed by atoms with van der Waals surface area (Å²) in [5.41, 5.74) is 7.16. The fourth-order valence-electron chi connectivity index (χ4n) is 2.29. The second-order valence-corrected chi connectivity index (χ2v) is 5.18. The third kappa shape index (κ3) is 1.76. The standard InChI is InChI=1S/C12H12Cl2N4/c13-7-4-5-8(14)11(15)10(7)12-17-16-9-3-1-2-6-18(9)12/h4-5H,1-3,6,15H2. The van der Waals surface area contributed by atoms with Gasteiger partial charge in [0.15, 0.2) is 5.82 Å². The average Bonchev–Trinajstić information content (AvgIpc) is 2.79. The lowest BCUT2D eigenvalue weighted by atomic mass is 10.1. The van der Waals surface area contributed by atoms with Crippen molar-refractivity contribution in [2.45, 2.75) is 25.8 Å². The van der Waals surface area contributed by atoms with Crippen molar-refractivity contribution in [2.24, 2.45) is 0 Å². The molecule has 2 aromatic rings. The molecule has 1 aliphatic heterocycles. The second-order valence-electron chi connectivity index (χ2n) is 4.37. The number of nitrogens with zero attached hydrogens (tertiary/aromatic N) is 3. The highest BCUT2D eigenvalue weighted by atomic mass is 35.5. The summed E-state index contributed by atoms with van der Waals surface area (Å²) in [5.74, 6) is 1.71. The fourth-order valence-corrected chi connectivity index (χ4v) is 2.69. The van der Waals surface area contributed by atoms with Gasteiger partial charge >= 0.3 is 0 Å². The molecule has 0 saturated carbocycles. The molecule has 1 aliphatic rings. The van der Waals surface area contributed by atoms with E-state index in [-0.39, 0.29) is 0 Å². The zero-order valence-electron chi connectivity index (χ0n) is 9.66. The van der Waals surface area contributed by atoms with E-state index in [9.17, 15) is 0 Å². The van der Waals surface area contributed by atoms with Crippen molar-refractivity contribution in [2.75, 3.05) is 5.73 Å². The predicted octanol–water partition coefficient (Wildman–Crippen LogP) is 3.17. The number of fused-ring (bicyclic) bond motifs is 1. The molecule has 0 unspecified atom stereocenters. The zero-order valence-corrected chi connectivity index (χ0v) is 11.2. The molecule has 0 radical (unpaired) electrons. The largest absolute Gasteiger partial charge is 0.397 e. The van der Waals surface area contributed by atoms with Crippen molar-refractivity contribution in [3.8, 4) is 11.4 Å². The Morgan fingerprint density at radius 3 is 2.72 bits per heavy atom. The van der Waals surface area contributed by atoms with Gasteiger partial charge in [-0.25, -0.2) is 0 Å². The molecule has 0 bridgehead atoms. The third-order valence-electron chi connectivity index (χ3n) is 3.22. The minimum Gasteiger partial charge on any atom is -0.397 e. The number of hydrogen-bond acceptors (Lipinski definition) is 3. The topological polar surface area (TPSA) is 56.7 Å². The van der Waals surface area contributed by atoms with Gasteiger partial charge in [0.25, 0.3) is 0 Å². The van der Waals surface area contributed by atoms with Crippen LogP contribution in [0.15, 0.2) is 12.1 Å². The van der Waals surface area contributed by atoms with Crippen molar-refractivity contribution < 1.29 is 0 Å². The lowest BCUT2D eigenvalue weighted by Gasteiger charge is -2.16. The molecule has 1 aromatic heterocycles. The van der Waals surface area contributed by atoms with Crippen molar-refractivity contribution in [1.82, 2.24) is 14.8 Å². The minimum absolute atomic E-state index is 0.463. The summed E-state index contributed by atoms with van der Waals surface area (Å²) >= 11 is 12.3. The van der Waals surface area contributed by atoms with Crippen LogP contribution in [0, 0.1) is 0 Å². The number of nitrogen functional groups attached to an aromatic ring is 1. The van der Waals surface area contributed by atoms with Gasteiger partial charge < -0.3 is 10.3 Å². The van der Waals surface area contributed by atoms with Crippen LogP contribution in [0.25, 0.3) is 11.4 Å². The van der Waals surface area contributed by atoms with Crippen molar-refractivity contribution in [3.63, 3.8) is 0 Å². The molecule has 0 amide bonds. The van der Waals surface area contributed by atoms with Gasteiger partial charge in [-0.1, -0.05) is 23.2 Å². The molecule has 0 fully saturated rings. The van der Waals surface area contributed by atoms with Crippen molar-refractivity contribution >= 4 is 28.9 Å². The van der Waals surface area contributed by atoms with Gasteiger partial charge in [-0.05, 0) is 25.0 Å². The molecule has 4 nitrogen and oxygen atoms in total. The summed E-state index contributed by atoms with van der Waals surface area (Å²) in [5, 5.41) is 9.46. The minimum atomic E-state index is 0.463. The van der Waals surface area contributed by atoms with Crippen LogP contribution in [-0.2, 0) is 13.0 Å². The highest BCUT2D eigenvalue weighted by Crippen LogP contribution is 2.37. The van der Waals surface area contributed by atoms with Gasteiger partial charge in [0, 0.05) is 13.0 Å². The summed E-state index contributed by atoms with van der Waals surface area (Å²) in [6, 6.07) is 3.43. The van der Waals surface area contributed by atoms with Crippen LogP contribution >= 0.6 is 23.2 Å². The Labute approximate surface area is 115 Å². The lowest BCUT2D eigenvalue weighted by molar-refractivity contribution is 0.526. The van der Waals surface area contributed by atoms with Crippen LogP contribution in [0.5, 0.6) is 0 Å². The predicted molar refractivity (Wildman–Crippen MR) is 72.8 cm³/mol. The van der Waals surface area contributed by atoms with Gasteiger partial charge in [0.1, 0.15) is 5.82 Å². The van der Waals surface area contributed by atoms with Crippen LogP contribution in [0.1, 0.15) is 18.7 Å². The molecular weight excluding hydrogens is 271 g/mol. The Kier molecular flexibility index (Phi) is 2.92. The Hall–Kier alpha value is -1.26. The molecule has 1 aromatic carbocycles. The summed E-state index contributed by atoms with van der Waals surface area (Å²) in [6.07, 6.45) is 3.22. The van der Waals surface area contributed by atoms with Crippen LogP contribution in [0.3, 0.4) is 0 Å². The smallest absolute Gasteiger partial charge is 0.167 e. The number of hydrogen-bond donors (Lipinski definition) is 1. The number of benzene rings is 1. The molecule has 0 spiro atoms. The van der Waals surface area contributed by atoms with E-state index >= 15 is 0 Å². The summed E-state index contributed by atoms with van der Waals surface area (Å²) < 4.78 is 2.08. The maximum Gasteiger partial charge on any atom is 0.167 e. The number of anilines is 1. The van der Waals surface area contributed by atoms with Crippen molar-refractivity contribution in [3.05, 3.63) is 28.0 Å².